The first-order chi connectivity index (χ1) is 9.66. The fraction of sp³-hybridized carbons (Fsp3) is 0.438. The van der Waals surface area contributed by atoms with Crippen LogP contribution in [0.2, 0.25) is 0 Å². The summed E-state index contributed by atoms with van der Waals surface area (Å²) in [6, 6.07) is 7.99. The third kappa shape index (κ3) is 2.31. The molecule has 4 heteroatoms. The van der Waals surface area contributed by atoms with Crippen LogP contribution in [-0.2, 0) is 11.2 Å². The number of likely N-dealkylation sites (tertiary alicyclic amines) is 1. The van der Waals surface area contributed by atoms with Crippen LogP contribution in [-0.4, -0.2) is 34.4 Å². The van der Waals surface area contributed by atoms with Crippen molar-refractivity contribution in [2.75, 3.05) is 6.54 Å². The summed E-state index contributed by atoms with van der Waals surface area (Å²) in [6.45, 7) is 2.95. The molecule has 2 heterocycles. The van der Waals surface area contributed by atoms with Gasteiger partial charge in [-0.1, -0.05) is 18.2 Å². The highest BCUT2D eigenvalue weighted by molar-refractivity contribution is 5.86. The largest absolute Gasteiger partial charge is 0.361 e. The van der Waals surface area contributed by atoms with E-state index in [2.05, 4.69) is 18.0 Å². The number of nitrogens with zero attached hydrogens (tertiary/aromatic N) is 1. The van der Waals surface area contributed by atoms with Crippen LogP contribution in [0.4, 0.5) is 0 Å². The molecule has 2 atom stereocenters. The van der Waals surface area contributed by atoms with Gasteiger partial charge in [-0.25, -0.2) is 0 Å². The summed E-state index contributed by atoms with van der Waals surface area (Å²) in [7, 11) is 0. The third-order valence-electron chi connectivity index (χ3n) is 4.27. The maximum Gasteiger partial charge on any atom is 0.240 e. The molecule has 2 aromatic rings. The molecule has 0 radical (unpaired) electrons. The molecular formula is C16H21N3O. The summed E-state index contributed by atoms with van der Waals surface area (Å²) in [5.74, 6) is 0.0836. The lowest BCUT2D eigenvalue weighted by molar-refractivity contribution is -0.133. The molecule has 1 unspecified atom stereocenters. The molecule has 0 aliphatic carbocycles. The predicted octanol–water partition coefficient (Wildman–Crippen LogP) is 2.05. The number of carbonyl (C=O) groups excluding carboxylic acids is 1. The van der Waals surface area contributed by atoms with Gasteiger partial charge in [0.1, 0.15) is 0 Å². The van der Waals surface area contributed by atoms with E-state index >= 15 is 0 Å². The number of H-pyrrole nitrogens is 1. The van der Waals surface area contributed by atoms with Crippen molar-refractivity contribution < 1.29 is 4.79 Å². The average Bonchev–Trinajstić information content (AvgIpc) is 3.05. The zero-order chi connectivity index (χ0) is 14.1. The molecule has 4 nitrogen and oxygen atoms in total. The second kappa shape index (κ2) is 5.29. The van der Waals surface area contributed by atoms with Gasteiger partial charge in [0.2, 0.25) is 5.91 Å². The fourth-order valence-electron chi connectivity index (χ4n) is 3.10. The number of rotatable bonds is 3. The van der Waals surface area contributed by atoms with E-state index in [9.17, 15) is 4.79 Å². The molecule has 3 N–H and O–H groups in total. The first-order valence-electron chi connectivity index (χ1n) is 7.28. The molecule has 1 aromatic carbocycles. The van der Waals surface area contributed by atoms with Crippen LogP contribution in [0, 0.1) is 0 Å². The Balaban J connectivity index is 1.75. The van der Waals surface area contributed by atoms with Gasteiger partial charge in [0, 0.05) is 29.7 Å². The van der Waals surface area contributed by atoms with Gasteiger partial charge in [0.05, 0.1) is 6.04 Å². The van der Waals surface area contributed by atoms with E-state index in [-0.39, 0.29) is 5.91 Å². The quantitative estimate of drug-likeness (QED) is 0.897. The van der Waals surface area contributed by atoms with Crippen molar-refractivity contribution in [3.63, 3.8) is 0 Å². The molecule has 1 aromatic heterocycles. The number of hydrogen-bond acceptors (Lipinski definition) is 2. The normalized spacial score (nSPS) is 20.5. The monoisotopic (exact) mass is 271 g/mol. The van der Waals surface area contributed by atoms with Crippen molar-refractivity contribution in [3.05, 3.63) is 36.0 Å². The molecule has 20 heavy (non-hydrogen) atoms. The maximum atomic E-state index is 12.4. The van der Waals surface area contributed by atoms with E-state index < -0.39 is 6.04 Å². The van der Waals surface area contributed by atoms with Gasteiger partial charge >= 0.3 is 0 Å². The van der Waals surface area contributed by atoms with E-state index in [1.807, 2.05) is 29.3 Å². The third-order valence-corrected chi connectivity index (χ3v) is 4.27. The minimum Gasteiger partial charge on any atom is -0.361 e. The lowest BCUT2D eigenvalue weighted by atomic mass is 10.0. The number of nitrogens with two attached hydrogens (primary N) is 1. The number of benzene rings is 1. The van der Waals surface area contributed by atoms with Crippen LogP contribution < -0.4 is 5.73 Å². The van der Waals surface area contributed by atoms with Crippen molar-refractivity contribution >= 4 is 16.8 Å². The minimum atomic E-state index is -0.449. The van der Waals surface area contributed by atoms with Crippen LogP contribution in [0.1, 0.15) is 25.3 Å². The van der Waals surface area contributed by atoms with Crippen LogP contribution in [0.3, 0.4) is 0 Å². The first-order valence-corrected chi connectivity index (χ1v) is 7.28. The number of amides is 1. The summed E-state index contributed by atoms with van der Waals surface area (Å²) in [5.41, 5.74) is 8.35. The molecule has 1 saturated heterocycles. The SMILES string of the molecule is CC1CCCN1C(=O)[C@@H](N)Cc1c[nH]c2ccccc12. The average molecular weight is 271 g/mol. The Morgan fingerprint density at radius 3 is 3.05 bits per heavy atom. The summed E-state index contributed by atoms with van der Waals surface area (Å²) >= 11 is 0. The van der Waals surface area contributed by atoms with E-state index in [0.717, 1.165) is 35.9 Å². The number of nitrogens with one attached hydrogen (secondary N) is 1. The Labute approximate surface area is 118 Å². The number of aromatic nitrogens is 1. The molecule has 1 aliphatic rings. The standard InChI is InChI=1S/C16H21N3O/c1-11-5-4-8-19(11)16(20)14(17)9-12-10-18-15-7-3-2-6-13(12)15/h2-3,6-7,10-11,14,18H,4-5,8-9,17H2,1H3/t11?,14-/m0/s1. The van der Waals surface area contributed by atoms with Crippen LogP contribution >= 0.6 is 0 Å². The van der Waals surface area contributed by atoms with Gasteiger partial charge in [0.15, 0.2) is 0 Å². The molecular weight excluding hydrogens is 250 g/mol. The fourth-order valence-corrected chi connectivity index (χ4v) is 3.10. The number of carbonyl (C=O) groups is 1. The van der Waals surface area contributed by atoms with Gasteiger partial charge < -0.3 is 15.6 Å². The Morgan fingerprint density at radius 2 is 2.30 bits per heavy atom. The summed E-state index contributed by atoms with van der Waals surface area (Å²) in [6.07, 6.45) is 4.73. The number of para-hydroxylation sites is 1. The molecule has 106 valence electrons. The topological polar surface area (TPSA) is 62.1 Å². The highest BCUT2D eigenvalue weighted by atomic mass is 16.2. The predicted molar refractivity (Wildman–Crippen MR) is 80.4 cm³/mol. The highest BCUT2D eigenvalue weighted by Gasteiger charge is 2.29. The molecule has 0 bridgehead atoms. The molecule has 0 saturated carbocycles. The maximum absolute atomic E-state index is 12.4. The lowest BCUT2D eigenvalue weighted by Crippen LogP contribution is -2.46. The minimum absolute atomic E-state index is 0.0836. The second-order valence-corrected chi connectivity index (χ2v) is 5.69. The smallest absolute Gasteiger partial charge is 0.240 e. The zero-order valence-electron chi connectivity index (χ0n) is 11.8. The van der Waals surface area contributed by atoms with Crippen LogP contribution in [0.5, 0.6) is 0 Å². The van der Waals surface area contributed by atoms with Gasteiger partial charge in [-0.2, -0.15) is 0 Å². The van der Waals surface area contributed by atoms with Crippen LogP contribution in [0.15, 0.2) is 30.5 Å². The van der Waals surface area contributed by atoms with E-state index in [1.54, 1.807) is 0 Å². The van der Waals surface area contributed by atoms with Crippen molar-refractivity contribution in [1.82, 2.24) is 9.88 Å². The zero-order valence-corrected chi connectivity index (χ0v) is 11.8. The number of aromatic amines is 1. The first kappa shape index (κ1) is 13.2. The van der Waals surface area contributed by atoms with Gasteiger partial charge in [0.25, 0.3) is 0 Å². The summed E-state index contributed by atoms with van der Waals surface area (Å²) in [4.78, 5) is 17.6. The molecule has 3 rings (SSSR count). The van der Waals surface area contributed by atoms with Gasteiger partial charge in [-0.15, -0.1) is 0 Å². The van der Waals surface area contributed by atoms with Gasteiger partial charge in [-0.05, 0) is 37.8 Å². The van der Waals surface area contributed by atoms with E-state index in [4.69, 9.17) is 5.73 Å². The van der Waals surface area contributed by atoms with E-state index in [0.29, 0.717) is 12.5 Å². The molecule has 1 aliphatic heterocycles. The summed E-state index contributed by atoms with van der Waals surface area (Å²) in [5, 5.41) is 1.16. The Bertz CT molecular complexity index is 619. The van der Waals surface area contributed by atoms with Gasteiger partial charge in [-0.3, -0.25) is 4.79 Å². The van der Waals surface area contributed by atoms with Crippen molar-refractivity contribution in [2.45, 2.75) is 38.3 Å². The number of fused-ring (bicyclic) bond motifs is 1. The summed E-state index contributed by atoms with van der Waals surface area (Å²) < 4.78 is 0. The Hall–Kier alpha value is -1.81. The second-order valence-electron chi connectivity index (χ2n) is 5.69. The Morgan fingerprint density at radius 1 is 1.50 bits per heavy atom. The van der Waals surface area contributed by atoms with Crippen molar-refractivity contribution in [2.24, 2.45) is 5.73 Å². The van der Waals surface area contributed by atoms with Crippen molar-refractivity contribution in [1.29, 1.82) is 0 Å². The number of hydrogen-bond donors (Lipinski definition) is 2. The molecule has 1 amide bonds. The lowest BCUT2D eigenvalue weighted by Gasteiger charge is -2.24. The van der Waals surface area contributed by atoms with Crippen molar-refractivity contribution in [3.8, 4) is 0 Å². The highest BCUT2D eigenvalue weighted by Crippen LogP contribution is 2.21. The molecule has 1 fully saturated rings. The van der Waals surface area contributed by atoms with E-state index in [1.165, 1.54) is 0 Å². The Kier molecular flexibility index (Phi) is 3.49. The van der Waals surface area contributed by atoms with Crippen LogP contribution in [0.25, 0.3) is 10.9 Å². The molecule has 0 spiro atoms.